The lowest BCUT2D eigenvalue weighted by molar-refractivity contribution is 0.267. The normalized spacial score (nSPS) is 15.5. The minimum atomic E-state index is -3.12. The van der Waals surface area contributed by atoms with E-state index in [-0.39, 0.29) is 5.54 Å². The molecule has 0 saturated heterocycles. The third-order valence-electron chi connectivity index (χ3n) is 3.75. The zero-order valence-electron chi connectivity index (χ0n) is 12.1. The molecule has 4 nitrogen and oxygen atoms in total. The lowest BCUT2D eigenvalue weighted by atomic mass is 9.88. The Kier molecular flexibility index (Phi) is 5.12. The van der Waals surface area contributed by atoms with Crippen molar-refractivity contribution in [1.29, 1.82) is 0 Å². The molecule has 108 valence electrons. The Morgan fingerprint density at radius 2 is 1.79 bits per heavy atom. The smallest absolute Gasteiger partial charge is 0.175 e. The van der Waals surface area contributed by atoms with E-state index < -0.39 is 9.84 Å². The van der Waals surface area contributed by atoms with E-state index in [2.05, 4.69) is 26.1 Å². The summed E-state index contributed by atoms with van der Waals surface area (Å²) in [5.41, 5.74) is 6.74. The predicted octanol–water partition coefficient (Wildman–Crippen LogP) is 1.55. The van der Waals surface area contributed by atoms with E-state index >= 15 is 0 Å². The summed E-state index contributed by atoms with van der Waals surface area (Å²) < 4.78 is 22.7. The van der Waals surface area contributed by atoms with E-state index in [4.69, 9.17) is 5.73 Å². The van der Waals surface area contributed by atoms with Crippen molar-refractivity contribution >= 4 is 9.84 Å². The fraction of sp³-hybridized carbons (Fsp3) is 0.571. The lowest BCUT2D eigenvalue weighted by Crippen LogP contribution is -2.52. The van der Waals surface area contributed by atoms with Crippen molar-refractivity contribution in [2.24, 2.45) is 11.7 Å². The molecule has 19 heavy (non-hydrogen) atoms. The highest BCUT2D eigenvalue weighted by atomic mass is 32.2. The van der Waals surface area contributed by atoms with E-state index in [0.29, 0.717) is 23.9 Å². The Morgan fingerprint density at radius 3 is 2.16 bits per heavy atom. The largest absolute Gasteiger partial charge is 0.329 e. The maximum atomic E-state index is 11.4. The standard InChI is InChI=1S/C14H24N2O2S/c1-11(2)14(3,10-15)16-9-12-5-7-13(8-6-12)19(4,17)18/h5-8,11,16H,9-10,15H2,1-4H3. The van der Waals surface area contributed by atoms with Gasteiger partial charge in [-0.25, -0.2) is 8.42 Å². The third-order valence-corrected chi connectivity index (χ3v) is 4.87. The molecule has 0 aliphatic rings. The van der Waals surface area contributed by atoms with Crippen LogP contribution in [0.3, 0.4) is 0 Å². The summed E-state index contributed by atoms with van der Waals surface area (Å²) in [6.45, 7) is 7.60. The van der Waals surface area contributed by atoms with Gasteiger partial charge in [0.1, 0.15) is 0 Å². The zero-order valence-corrected chi connectivity index (χ0v) is 12.9. The van der Waals surface area contributed by atoms with Crippen LogP contribution in [0.25, 0.3) is 0 Å². The van der Waals surface area contributed by atoms with Crippen molar-refractivity contribution < 1.29 is 8.42 Å². The molecule has 0 saturated carbocycles. The molecule has 0 spiro atoms. The van der Waals surface area contributed by atoms with Crippen molar-refractivity contribution in [3.8, 4) is 0 Å². The molecule has 0 aromatic heterocycles. The van der Waals surface area contributed by atoms with Gasteiger partial charge in [-0.3, -0.25) is 0 Å². The minimum Gasteiger partial charge on any atom is -0.329 e. The second-order valence-corrected chi connectivity index (χ2v) is 7.56. The van der Waals surface area contributed by atoms with Crippen molar-refractivity contribution in [2.75, 3.05) is 12.8 Å². The van der Waals surface area contributed by atoms with Crippen LogP contribution in [0.1, 0.15) is 26.3 Å². The molecule has 0 heterocycles. The molecule has 0 amide bonds. The Hall–Kier alpha value is -0.910. The number of nitrogens with one attached hydrogen (secondary N) is 1. The molecular weight excluding hydrogens is 260 g/mol. The van der Waals surface area contributed by atoms with Gasteiger partial charge in [0.15, 0.2) is 9.84 Å². The second-order valence-electron chi connectivity index (χ2n) is 5.55. The van der Waals surface area contributed by atoms with Crippen LogP contribution in [0, 0.1) is 5.92 Å². The molecule has 1 rings (SSSR count). The van der Waals surface area contributed by atoms with Gasteiger partial charge in [-0.1, -0.05) is 26.0 Å². The van der Waals surface area contributed by atoms with Crippen molar-refractivity contribution in [1.82, 2.24) is 5.32 Å². The summed E-state index contributed by atoms with van der Waals surface area (Å²) in [7, 11) is -3.12. The van der Waals surface area contributed by atoms with E-state index in [1.807, 2.05) is 12.1 Å². The van der Waals surface area contributed by atoms with Crippen LogP contribution in [0.2, 0.25) is 0 Å². The molecule has 3 N–H and O–H groups in total. The van der Waals surface area contributed by atoms with Gasteiger partial charge in [-0.15, -0.1) is 0 Å². The Labute approximate surface area is 116 Å². The molecule has 0 aliphatic carbocycles. The summed E-state index contributed by atoms with van der Waals surface area (Å²) in [6, 6.07) is 6.95. The fourth-order valence-electron chi connectivity index (χ4n) is 1.67. The van der Waals surface area contributed by atoms with E-state index in [1.165, 1.54) is 6.26 Å². The molecule has 5 heteroatoms. The summed E-state index contributed by atoms with van der Waals surface area (Å²) in [6.07, 6.45) is 1.21. The first kappa shape index (κ1) is 16.1. The fourth-order valence-corrected chi connectivity index (χ4v) is 2.30. The molecule has 1 unspecified atom stereocenters. The van der Waals surface area contributed by atoms with Gasteiger partial charge in [0.25, 0.3) is 0 Å². The van der Waals surface area contributed by atoms with Gasteiger partial charge in [0.05, 0.1) is 4.90 Å². The third kappa shape index (κ3) is 4.30. The average Bonchev–Trinajstić information content (AvgIpc) is 2.35. The molecular formula is C14H24N2O2S. The van der Waals surface area contributed by atoms with Crippen LogP contribution in [0.4, 0.5) is 0 Å². The monoisotopic (exact) mass is 284 g/mol. The van der Waals surface area contributed by atoms with E-state index in [1.54, 1.807) is 12.1 Å². The number of nitrogens with two attached hydrogens (primary N) is 1. The van der Waals surface area contributed by atoms with Gasteiger partial charge in [0, 0.05) is 24.9 Å². The average molecular weight is 284 g/mol. The van der Waals surface area contributed by atoms with Crippen LogP contribution in [0.5, 0.6) is 0 Å². The first-order valence-electron chi connectivity index (χ1n) is 6.43. The SMILES string of the molecule is CC(C)C(C)(CN)NCc1ccc(S(C)(=O)=O)cc1. The number of sulfone groups is 1. The second kappa shape index (κ2) is 6.03. The van der Waals surface area contributed by atoms with Gasteiger partial charge >= 0.3 is 0 Å². The Balaban J connectivity index is 2.74. The number of benzene rings is 1. The molecule has 0 aliphatic heterocycles. The number of hydrogen-bond donors (Lipinski definition) is 2. The Morgan fingerprint density at radius 1 is 1.26 bits per heavy atom. The van der Waals surface area contributed by atoms with Crippen LogP contribution in [0.15, 0.2) is 29.2 Å². The maximum absolute atomic E-state index is 11.4. The van der Waals surface area contributed by atoms with E-state index in [9.17, 15) is 8.42 Å². The quantitative estimate of drug-likeness (QED) is 0.831. The Bertz CT molecular complexity index is 509. The first-order valence-corrected chi connectivity index (χ1v) is 8.32. The summed E-state index contributed by atoms with van der Waals surface area (Å²) >= 11 is 0. The molecule has 1 aromatic rings. The maximum Gasteiger partial charge on any atom is 0.175 e. The number of rotatable bonds is 6. The molecule has 0 fully saturated rings. The van der Waals surface area contributed by atoms with Gasteiger partial charge in [-0.05, 0) is 30.5 Å². The van der Waals surface area contributed by atoms with Gasteiger partial charge < -0.3 is 11.1 Å². The molecule has 0 bridgehead atoms. The number of hydrogen-bond acceptors (Lipinski definition) is 4. The van der Waals surface area contributed by atoms with Crippen molar-refractivity contribution in [3.63, 3.8) is 0 Å². The summed E-state index contributed by atoms with van der Waals surface area (Å²) in [4.78, 5) is 0.349. The van der Waals surface area contributed by atoms with Crippen LogP contribution >= 0.6 is 0 Å². The van der Waals surface area contributed by atoms with Crippen molar-refractivity contribution in [3.05, 3.63) is 29.8 Å². The topological polar surface area (TPSA) is 72.2 Å². The zero-order chi connectivity index (χ0) is 14.7. The van der Waals surface area contributed by atoms with Crippen LogP contribution in [-0.2, 0) is 16.4 Å². The predicted molar refractivity (Wildman–Crippen MR) is 78.7 cm³/mol. The highest BCUT2D eigenvalue weighted by Crippen LogP contribution is 2.16. The van der Waals surface area contributed by atoms with E-state index in [0.717, 1.165) is 5.56 Å². The summed E-state index contributed by atoms with van der Waals surface area (Å²) in [5, 5.41) is 3.45. The minimum absolute atomic E-state index is 0.116. The highest BCUT2D eigenvalue weighted by molar-refractivity contribution is 7.90. The van der Waals surface area contributed by atoms with Gasteiger partial charge in [0.2, 0.25) is 0 Å². The van der Waals surface area contributed by atoms with Gasteiger partial charge in [-0.2, -0.15) is 0 Å². The summed E-state index contributed by atoms with van der Waals surface area (Å²) in [5.74, 6) is 0.424. The van der Waals surface area contributed by atoms with Crippen LogP contribution in [-0.4, -0.2) is 26.8 Å². The lowest BCUT2D eigenvalue weighted by Gasteiger charge is -2.33. The molecule has 0 radical (unpaired) electrons. The van der Waals surface area contributed by atoms with Crippen LogP contribution < -0.4 is 11.1 Å². The first-order chi connectivity index (χ1) is 8.69. The molecule has 1 atom stereocenters. The molecule has 1 aromatic carbocycles. The highest BCUT2D eigenvalue weighted by Gasteiger charge is 2.25. The van der Waals surface area contributed by atoms with Crippen molar-refractivity contribution in [2.45, 2.75) is 37.8 Å².